The van der Waals surface area contributed by atoms with Gasteiger partial charge in [0.15, 0.2) is 5.65 Å². The van der Waals surface area contributed by atoms with Crippen LogP contribution in [0.3, 0.4) is 0 Å². The highest BCUT2D eigenvalue weighted by Gasteiger charge is 2.20. The summed E-state index contributed by atoms with van der Waals surface area (Å²) in [4.78, 5) is 18.3. The molecule has 4 heterocycles. The van der Waals surface area contributed by atoms with Crippen molar-refractivity contribution in [2.24, 2.45) is 0 Å². The molecule has 0 fully saturated rings. The molecule has 0 aliphatic carbocycles. The lowest BCUT2D eigenvalue weighted by Crippen LogP contribution is -2.24. The monoisotopic (exact) mass is 520 g/mol. The third kappa shape index (κ3) is 5.20. The summed E-state index contributed by atoms with van der Waals surface area (Å²) in [6.45, 7) is 11.4. The van der Waals surface area contributed by atoms with E-state index in [4.69, 9.17) is 9.72 Å². The molecular formula is C26H32N6O2SSi. The van der Waals surface area contributed by atoms with E-state index in [2.05, 4.69) is 29.8 Å². The first-order chi connectivity index (χ1) is 17.3. The van der Waals surface area contributed by atoms with Crippen molar-refractivity contribution in [3.05, 3.63) is 75.4 Å². The number of ether oxygens (including phenoxy) is 1. The maximum absolute atomic E-state index is 13.4. The molecule has 0 aliphatic heterocycles. The van der Waals surface area contributed by atoms with Crippen molar-refractivity contribution in [2.75, 3.05) is 6.61 Å². The number of hydrogen-bond donors (Lipinski definition) is 0. The fourth-order valence-electron chi connectivity index (χ4n) is 4.24. The lowest BCUT2D eigenvalue weighted by Gasteiger charge is -2.15. The molecule has 0 unspecified atom stereocenters. The average Bonchev–Trinajstić information content (AvgIpc) is 3.53. The van der Waals surface area contributed by atoms with E-state index in [0.717, 1.165) is 44.6 Å². The summed E-state index contributed by atoms with van der Waals surface area (Å²) in [5.41, 5.74) is 3.43. The third-order valence-electron chi connectivity index (χ3n) is 6.18. The van der Waals surface area contributed by atoms with Crippen LogP contribution < -0.4 is 5.56 Å². The molecule has 36 heavy (non-hydrogen) atoms. The van der Waals surface area contributed by atoms with Crippen LogP contribution in [0.25, 0.3) is 21.3 Å². The summed E-state index contributed by atoms with van der Waals surface area (Å²) in [5, 5.41) is 11.0. The maximum atomic E-state index is 13.4. The zero-order valence-corrected chi connectivity index (χ0v) is 23.1. The van der Waals surface area contributed by atoms with Gasteiger partial charge in [-0.1, -0.05) is 50.0 Å². The van der Waals surface area contributed by atoms with Crippen LogP contribution in [-0.2, 0) is 31.0 Å². The lowest BCUT2D eigenvalue weighted by molar-refractivity contribution is 0.0783. The van der Waals surface area contributed by atoms with Crippen LogP contribution in [0.4, 0.5) is 0 Å². The first-order valence-corrected chi connectivity index (χ1v) is 16.9. The van der Waals surface area contributed by atoms with Crippen molar-refractivity contribution in [3.63, 3.8) is 0 Å². The first-order valence-electron chi connectivity index (χ1n) is 12.3. The molecular weight excluding hydrogens is 488 g/mol. The second-order valence-corrected chi connectivity index (χ2v) is 16.9. The second-order valence-electron chi connectivity index (χ2n) is 10.2. The highest BCUT2D eigenvalue weighted by molar-refractivity contribution is 7.19. The van der Waals surface area contributed by atoms with Crippen molar-refractivity contribution >= 4 is 40.7 Å². The number of nitrogens with zero attached hydrogens (tertiary/aromatic N) is 6. The van der Waals surface area contributed by atoms with Gasteiger partial charge < -0.3 is 9.30 Å². The van der Waals surface area contributed by atoms with Gasteiger partial charge in [0, 0.05) is 39.2 Å². The molecule has 1 aromatic carbocycles. The number of aryl methyl sites for hydroxylation is 1. The van der Waals surface area contributed by atoms with Crippen molar-refractivity contribution < 1.29 is 4.74 Å². The molecule has 0 spiro atoms. The van der Waals surface area contributed by atoms with E-state index < -0.39 is 8.07 Å². The van der Waals surface area contributed by atoms with Gasteiger partial charge in [0.1, 0.15) is 17.3 Å². The van der Waals surface area contributed by atoms with Gasteiger partial charge in [-0.25, -0.2) is 14.3 Å². The first kappa shape index (κ1) is 24.6. The Balaban J connectivity index is 1.36. The number of thiazole rings is 1. The van der Waals surface area contributed by atoms with Gasteiger partial charge in [0.25, 0.3) is 5.56 Å². The Hall–Kier alpha value is -3.08. The Kier molecular flexibility index (Phi) is 6.91. The topological polar surface area (TPSA) is 79.8 Å². The van der Waals surface area contributed by atoms with Crippen molar-refractivity contribution in [1.29, 1.82) is 0 Å². The Morgan fingerprint density at radius 2 is 1.92 bits per heavy atom. The van der Waals surface area contributed by atoms with E-state index >= 15 is 0 Å². The number of aromatic nitrogens is 6. The second kappa shape index (κ2) is 10.1. The number of rotatable bonds is 10. The molecule has 0 N–H and O–H groups in total. The summed E-state index contributed by atoms with van der Waals surface area (Å²) >= 11 is 1.61. The zero-order valence-electron chi connectivity index (χ0n) is 21.3. The van der Waals surface area contributed by atoms with E-state index in [1.807, 2.05) is 65.0 Å². The number of hydrogen-bond acceptors (Lipinski definition) is 6. The van der Waals surface area contributed by atoms with Gasteiger partial charge in [0.2, 0.25) is 0 Å². The molecule has 0 bridgehead atoms. The summed E-state index contributed by atoms with van der Waals surface area (Å²) in [6, 6.07) is 13.1. The molecule has 8 nitrogen and oxygen atoms in total. The van der Waals surface area contributed by atoms with Gasteiger partial charge in [-0.15, -0.1) is 11.3 Å². The molecule has 0 radical (unpaired) electrons. The minimum absolute atomic E-state index is 0.0853. The van der Waals surface area contributed by atoms with Gasteiger partial charge in [-0.3, -0.25) is 4.79 Å². The Labute approximate surface area is 215 Å². The SMILES string of the molecule is CCn1c2nc(Cc3ccn(COCC[Si](C)(C)C)n3)sc2c2cnn(Cc3ccccc3)c(=O)c21. The minimum atomic E-state index is -1.09. The molecule has 10 heteroatoms. The molecule has 0 aliphatic rings. The normalized spacial score (nSPS) is 12.2. The fraction of sp³-hybridized carbons (Fsp3) is 0.385. The molecule has 4 aromatic heterocycles. The van der Waals surface area contributed by atoms with E-state index in [-0.39, 0.29) is 5.56 Å². The third-order valence-corrected chi connectivity index (χ3v) is 8.96. The minimum Gasteiger partial charge on any atom is -0.360 e. The number of fused-ring (bicyclic) bond motifs is 3. The van der Waals surface area contributed by atoms with Gasteiger partial charge in [0.05, 0.1) is 23.1 Å². The average molecular weight is 521 g/mol. The summed E-state index contributed by atoms with van der Waals surface area (Å²) in [6.07, 6.45) is 4.41. The highest BCUT2D eigenvalue weighted by Crippen LogP contribution is 2.32. The zero-order chi connectivity index (χ0) is 25.3. The molecule has 0 atom stereocenters. The summed E-state index contributed by atoms with van der Waals surface area (Å²) in [5.74, 6) is 0. The van der Waals surface area contributed by atoms with Crippen LogP contribution in [0, 0.1) is 0 Å². The molecule has 0 amide bonds. The molecule has 0 saturated carbocycles. The number of benzene rings is 1. The van der Waals surface area contributed by atoms with E-state index in [1.54, 1.807) is 11.3 Å². The van der Waals surface area contributed by atoms with Crippen LogP contribution in [0.15, 0.2) is 53.6 Å². The smallest absolute Gasteiger partial charge is 0.291 e. The standard InChI is InChI=1S/C26H32N6O2SSi/c1-5-31-23-21(16-27-32(26(23)33)17-19-9-7-6-8-10-19)24-25(31)28-22(35-24)15-20-11-12-30(29-20)18-34-13-14-36(2,3)4/h6-12,16H,5,13-15,17-18H2,1-4H3. The molecule has 188 valence electrons. The van der Waals surface area contributed by atoms with Crippen molar-refractivity contribution in [3.8, 4) is 0 Å². The Bertz CT molecular complexity index is 1540. The van der Waals surface area contributed by atoms with Crippen molar-refractivity contribution in [2.45, 2.75) is 58.9 Å². The van der Waals surface area contributed by atoms with E-state index in [9.17, 15) is 4.79 Å². The maximum Gasteiger partial charge on any atom is 0.291 e. The fourth-order valence-corrected chi connectivity index (χ4v) is 6.09. The highest BCUT2D eigenvalue weighted by atomic mass is 32.1. The molecule has 0 saturated heterocycles. The predicted octanol–water partition coefficient (Wildman–Crippen LogP) is 4.98. The van der Waals surface area contributed by atoms with Gasteiger partial charge in [-0.05, 0) is 24.6 Å². The quantitative estimate of drug-likeness (QED) is 0.192. The van der Waals surface area contributed by atoms with E-state index in [1.165, 1.54) is 4.68 Å². The Morgan fingerprint density at radius 3 is 2.67 bits per heavy atom. The van der Waals surface area contributed by atoms with Gasteiger partial charge in [-0.2, -0.15) is 10.2 Å². The van der Waals surface area contributed by atoms with Crippen LogP contribution in [0.2, 0.25) is 25.7 Å². The molecule has 5 aromatic rings. The van der Waals surface area contributed by atoms with Crippen LogP contribution in [-0.4, -0.2) is 43.8 Å². The van der Waals surface area contributed by atoms with E-state index in [0.29, 0.717) is 31.8 Å². The van der Waals surface area contributed by atoms with Crippen LogP contribution in [0.5, 0.6) is 0 Å². The predicted molar refractivity (Wildman–Crippen MR) is 148 cm³/mol. The summed E-state index contributed by atoms with van der Waals surface area (Å²) < 4.78 is 12.2. The van der Waals surface area contributed by atoms with Crippen molar-refractivity contribution in [1.82, 2.24) is 29.1 Å². The Morgan fingerprint density at radius 1 is 1.11 bits per heavy atom. The van der Waals surface area contributed by atoms with Crippen LogP contribution in [0.1, 0.15) is 23.2 Å². The van der Waals surface area contributed by atoms with Gasteiger partial charge >= 0.3 is 0 Å². The van der Waals surface area contributed by atoms with Crippen LogP contribution >= 0.6 is 11.3 Å². The summed E-state index contributed by atoms with van der Waals surface area (Å²) in [7, 11) is -1.09. The molecule has 5 rings (SSSR count). The largest absolute Gasteiger partial charge is 0.360 e. The lowest BCUT2D eigenvalue weighted by atomic mass is 10.2.